The molecule has 0 aliphatic heterocycles. The van der Waals surface area contributed by atoms with E-state index in [-0.39, 0.29) is 5.97 Å². The molecule has 0 aromatic rings. The summed E-state index contributed by atoms with van der Waals surface area (Å²) in [5.74, 6) is -0.314. The number of hydrogen-bond donors (Lipinski definition) is 1. The number of unbranched alkanes of at least 4 members (excludes halogenated alkanes) is 4. The first kappa shape index (κ1) is 14.2. The van der Waals surface area contributed by atoms with Crippen molar-refractivity contribution in [3.63, 3.8) is 0 Å². The van der Waals surface area contributed by atoms with Gasteiger partial charge in [0.05, 0.1) is 6.61 Å². The van der Waals surface area contributed by atoms with Crippen molar-refractivity contribution >= 4 is 5.97 Å². The molecule has 0 rings (SSSR count). The summed E-state index contributed by atoms with van der Waals surface area (Å²) in [6.45, 7) is 6.19. The summed E-state index contributed by atoms with van der Waals surface area (Å²) in [5.41, 5.74) is 5.54. The van der Waals surface area contributed by atoms with Crippen LogP contribution in [0.25, 0.3) is 0 Å². The van der Waals surface area contributed by atoms with Gasteiger partial charge >= 0.3 is 5.97 Å². The monoisotopic (exact) mass is 213 g/mol. The van der Waals surface area contributed by atoms with Crippen molar-refractivity contribution in [2.75, 3.05) is 6.61 Å². The highest BCUT2D eigenvalue weighted by Crippen LogP contribution is 2.03. The number of esters is 1. The van der Waals surface area contributed by atoms with E-state index in [1.54, 1.807) is 6.08 Å². The van der Waals surface area contributed by atoms with E-state index >= 15 is 0 Å². The molecule has 2 N–H and O–H groups in total. The standard InChI is InChI=1S/C12H23NO2/c1-3-5-6-7-8-10-15-12(14)11(13)9-4-2/h4,11H,2-3,5-10,13H2,1H3. The Balaban J connectivity index is 3.34. The van der Waals surface area contributed by atoms with E-state index in [9.17, 15) is 4.79 Å². The van der Waals surface area contributed by atoms with Gasteiger partial charge in [-0.1, -0.05) is 38.7 Å². The SMILES string of the molecule is C=CCC(N)C(=O)OCCCCCCC. The van der Waals surface area contributed by atoms with Crippen LogP contribution in [0.3, 0.4) is 0 Å². The Morgan fingerprint density at radius 3 is 2.67 bits per heavy atom. The predicted molar refractivity (Wildman–Crippen MR) is 62.5 cm³/mol. The Labute approximate surface area is 92.7 Å². The Bertz CT molecular complexity index is 180. The van der Waals surface area contributed by atoms with Crippen LogP contribution in [0.1, 0.15) is 45.4 Å². The summed E-state index contributed by atoms with van der Waals surface area (Å²) in [7, 11) is 0. The molecule has 0 bridgehead atoms. The van der Waals surface area contributed by atoms with Crippen LogP contribution in [-0.2, 0) is 9.53 Å². The zero-order valence-electron chi connectivity index (χ0n) is 9.71. The molecular weight excluding hydrogens is 190 g/mol. The molecule has 0 aliphatic rings. The summed E-state index contributed by atoms with van der Waals surface area (Å²) >= 11 is 0. The lowest BCUT2D eigenvalue weighted by Crippen LogP contribution is -2.31. The second kappa shape index (κ2) is 9.71. The third kappa shape index (κ3) is 8.18. The minimum absolute atomic E-state index is 0.314. The zero-order valence-corrected chi connectivity index (χ0v) is 9.71. The van der Waals surface area contributed by atoms with Gasteiger partial charge in [0.25, 0.3) is 0 Å². The quantitative estimate of drug-likeness (QED) is 0.363. The number of carbonyl (C=O) groups is 1. The molecule has 0 aromatic heterocycles. The Morgan fingerprint density at radius 1 is 1.40 bits per heavy atom. The second-order valence-corrected chi connectivity index (χ2v) is 3.71. The van der Waals surface area contributed by atoms with Gasteiger partial charge in [0.15, 0.2) is 0 Å². The maximum Gasteiger partial charge on any atom is 0.323 e. The van der Waals surface area contributed by atoms with Crippen molar-refractivity contribution in [1.29, 1.82) is 0 Å². The summed E-state index contributed by atoms with van der Waals surface area (Å²) in [5, 5.41) is 0. The van der Waals surface area contributed by atoms with E-state index in [1.807, 2.05) is 0 Å². The van der Waals surface area contributed by atoms with Gasteiger partial charge < -0.3 is 10.5 Å². The van der Waals surface area contributed by atoms with Crippen molar-refractivity contribution in [2.45, 2.75) is 51.5 Å². The smallest absolute Gasteiger partial charge is 0.323 e. The fraction of sp³-hybridized carbons (Fsp3) is 0.750. The van der Waals surface area contributed by atoms with Crippen LogP contribution in [0.4, 0.5) is 0 Å². The van der Waals surface area contributed by atoms with Gasteiger partial charge in [0, 0.05) is 0 Å². The molecule has 15 heavy (non-hydrogen) atoms. The van der Waals surface area contributed by atoms with E-state index in [0.29, 0.717) is 13.0 Å². The van der Waals surface area contributed by atoms with Gasteiger partial charge in [-0.2, -0.15) is 0 Å². The molecule has 0 saturated heterocycles. The van der Waals surface area contributed by atoms with Gasteiger partial charge in [-0.3, -0.25) is 4.79 Å². The molecule has 3 nitrogen and oxygen atoms in total. The fourth-order valence-corrected chi connectivity index (χ4v) is 1.26. The molecule has 0 fully saturated rings. The van der Waals surface area contributed by atoms with Crippen LogP contribution in [0, 0.1) is 0 Å². The highest BCUT2D eigenvalue weighted by atomic mass is 16.5. The van der Waals surface area contributed by atoms with Crippen LogP contribution < -0.4 is 5.73 Å². The summed E-state index contributed by atoms with van der Waals surface area (Å²) in [4.78, 5) is 11.2. The van der Waals surface area contributed by atoms with Crippen molar-refractivity contribution in [3.8, 4) is 0 Å². The van der Waals surface area contributed by atoms with Gasteiger partial charge in [-0.25, -0.2) is 0 Å². The average Bonchev–Trinajstić information content (AvgIpc) is 2.23. The first-order valence-electron chi connectivity index (χ1n) is 5.75. The van der Waals surface area contributed by atoms with E-state index < -0.39 is 6.04 Å². The van der Waals surface area contributed by atoms with E-state index in [1.165, 1.54) is 19.3 Å². The van der Waals surface area contributed by atoms with Crippen LogP contribution in [-0.4, -0.2) is 18.6 Å². The van der Waals surface area contributed by atoms with Crippen LogP contribution in [0.5, 0.6) is 0 Å². The molecular formula is C12H23NO2. The number of hydrogen-bond acceptors (Lipinski definition) is 3. The second-order valence-electron chi connectivity index (χ2n) is 3.71. The van der Waals surface area contributed by atoms with Gasteiger partial charge in [0.2, 0.25) is 0 Å². The molecule has 0 heterocycles. The zero-order chi connectivity index (χ0) is 11.5. The number of carbonyl (C=O) groups excluding carboxylic acids is 1. The first-order chi connectivity index (χ1) is 7.22. The maximum absolute atomic E-state index is 11.2. The minimum atomic E-state index is -0.543. The lowest BCUT2D eigenvalue weighted by atomic mass is 10.2. The molecule has 0 aliphatic carbocycles. The van der Waals surface area contributed by atoms with Crippen molar-refractivity contribution in [3.05, 3.63) is 12.7 Å². The largest absolute Gasteiger partial charge is 0.465 e. The molecule has 88 valence electrons. The third-order valence-electron chi connectivity index (χ3n) is 2.22. The topological polar surface area (TPSA) is 52.3 Å². The van der Waals surface area contributed by atoms with Crippen LogP contribution >= 0.6 is 0 Å². The normalized spacial score (nSPS) is 12.1. The average molecular weight is 213 g/mol. The number of rotatable bonds is 9. The number of nitrogens with two attached hydrogens (primary N) is 1. The van der Waals surface area contributed by atoms with Crippen LogP contribution in [0.2, 0.25) is 0 Å². The van der Waals surface area contributed by atoms with Crippen LogP contribution in [0.15, 0.2) is 12.7 Å². The van der Waals surface area contributed by atoms with Gasteiger partial charge in [0.1, 0.15) is 6.04 Å². The molecule has 0 saturated carbocycles. The lowest BCUT2D eigenvalue weighted by molar-refractivity contribution is -0.145. The molecule has 0 spiro atoms. The molecule has 0 amide bonds. The van der Waals surface area contributed by atoms with Crippen molar-refractivity contribution < 1.29 is 9.53 Å². The van der Waals surface area contributed by atoms with Gasteiger partial charge in [-0.05, 0) is 12.8 Å². The summed E-state index contributed by atoms with van der Waals surface area (Å²) in [6.07, 6.45) is 7.87. The Kier molecular flexibility index (Phi) is 9.18. The minimum Gasteiger partial charge on any atom is -0.465 e. The molecule has 3 heteroatoms. The molecule has 1 atom stereocenters. The van der Waals surface area contributed by atoms with Gasteiger partial charge in [-0.15, -0.1) is 6.58 Å². The molecule has 0 radical (unpaired) electrons. The fourth-order valence-electron chi connectivity index (χ4n) is 1.26. The third-order valence-corrected chi connectivity index (χ3v) is 2.22. The Morgan fingerprint density at radius 2 is 2.07 bits per heavy atom. The van der Waals surface area contributed by atoms with E-state index in [2.05, 4.69) is 13.5 Å². The maximum atomic E-state index is 11.2. The predicted octanol–water partition coefficient (Wildman–Crippen LogP) is 2.40. The number of ether oxygens (including phenoxy) is 1. The van der Waals surface area contributed by atoms with E-state index in [4.69, 9.17) is 10.5 Å². The molecule has 0 aromatic carbocycles. The Hall–Kier alpha value is -0.830. The summed E-state index contributed by atoms with van der Waals surface area (Å²) < 4.78 is 5.02. The van der Waals surface area contributed by atoms with E-state index in [0.717, 1.165) is 12.8 Å². The molecule has 1 unspecified atom stereocenters. The lowest BCUT2D eigenvalue weighted by Gasteiger charge is -2.09. The van der Waals surface area contributed by atoms with Crippen molar-refractivity contribution in [1.82, 2.24) is 0 Å². The highest BCUT2D eigenvalue weighted by Gasteiger charge is 2.12. The van der Waals surface area contributed by atoms with Crippen molar-refractivity contribution in [2.24, 2.45) is 5.73 Å². The first-order valence-corrected chi connectivity index (χ1v) is 5.75. The highest BCUT2D eigenvalue weighted by molar-refractivity contribution is 5.75. The summed E-state index contributed by atoms with van der Waals surface area (Å²) in [6, 6.07) is -0.543.